The van der Waals surface area contributed by atoms with Crippen molar-refractivity contribution in [2.24, 2.45) is 0 Å². The molecule has 2 nitrogen and oxygen atoms in total. The van der Waals surface area contributed by atoms with Gasteiger partial charge in [-0.3, -0.25) is 0 Å². The zero-order chi connectivity index (χ0) is 13.3. The maximum atomic E-state index is 6.01. The van der Waals surface area contributed by atoms with Crippen LogP contribution in [0.3, 0.4) is 0 Å². The molecule has 2 aromatic rings. The van der Waals surface area contributed by atoms with Gasteiger partial charge in [0.2, 0.25) is 0 Å². The number of benzene rings is 2. The Hall–Kier alpha value is -1.96. The zero-order valence-electron chi connectivity index (χ0n) is 11.2. The summed E-state index contributed by atoms with van der Waals surface area (Å²) in [4.78, 5) is 0. The lowest BCUT2D eigenvalue weighted by molar-refractivity contribution is 0.590. The average Bonchev–Trinajstić information content (AvgIpc) is 2.32. The van der Waals surface area contributed by atoms with E-state index in [1.807, 2.05) is 18.2 Å². The first-order valence-electron chi connectivity index (χ1n) is 6.14. The summed E-state index contributed by atoms with van der Waals surface area (Å²) in [6.45, 7) is 6.62. The minimum absolute atomic E-state index is 0.166. The average molecular weight is 240 g/mol. The van der Waals surface area contributed by atoms with E-state index in [0.717, 1.165) is 11.1 Å². The Bertz CT molecular complexity index is 548. The molecule has 0 saturated heterocycles. The van der Waals surface area contributed by atoms with Crippen LogP contribution in [0, 0.1) is 0 Å². The second-order valence-corrected chi connectivity index (χ2v) is 5.64. The van der Waals surface area contributed by atoms with Gasteiger partial charge >= 0.3 is 0 Å². The minimum atomic E-state index is 0.166. The molecule has 0 heterocycles. The molecule has 0 amide bonds. The van der Waals surface area contributed by atoms with Crippen LogP contribution in [0.25, 0.3) is 11.1 Å². The van der Waals surface area contributed by atoms with Gasteiger partial charge in [-0.25, -0.2) is 0 Å². The zero-order valence-corrected chi connectivity index (χ0v) is 11.2. The van der Waals surface area contributed by atoms with Crippen molar-refractivity contribution in [3.8, 4) is 11.1 Å². The van der Waals surface area contributed by atoms with Crippen LogP contribution in [0.2, 0.25) is 0 Å². The van der Waals surface area contributed by atoms with Gasteiger partial charge in [-0.15, -0.1) is 0 Å². The molecule has 0 atom stereocenters. The van der Waals surface area contributed by atoms with E-state index in [4.69, 9.17) is 11.5 Å². The molecule has 0 fully saturated rings. The second-order valence-electron chi connectivity index (χ2n) is 5.64. The highest BCUT2D eigenvalue weighted by molar-refractivity contribution is 5.84. The van der Waals surface area contributed by atoms with Gasteiger partial charge in [-0.2, -0.15) is 0 Å². The van der Waals surface area contributed by atoms with Crippen LogP contribution in [-0.2, 0) is 5.41 Å². The van der Waals surface area contributed by atoms with E-state index in [1.165, 1.54) is 5.56 Å². The third kappa shape index (κ3) is 2.33. The van der Waals surface area contributed by atoms with Crippen molar-refractivity contribution in [3.05, 3.63) is 48.0 Å². The van der Waals surface area contributed by atoms with Gasteiger partial charge in [-0.1, -0.05) is 57.2 Å². The van der Waals surface area contributed by atoms with Gasteiger partial charge in [-0.05, 0) is 22.6 Å². The first-order chi connectivity index (χ1) is 8.39. The van der Waals surface area contributed by atoms with Crippen molar-refractivity contribution in [3.63, 3.8) is 0 Å². The third-order valence-electron chi connectivity index (χ3n) is 3.20. The van der Waals surface area contributed by atoms with Crippen molar-refractivity contribution in [2.45, 2.75) is 26.2 Å². The van der Waals surface area contributed by atoms with Crippen molar-refractivity contribution >= 4 is 11.4 Å². The van der Waals surface area contributed by atoms with Crippen LogP contribution < -0.4 is 11.5 Å². The molecule has 0 spiro atoms. The van der Waals surface area contributed by atoms with E-state index >= 15 is 0 Å². The van der Waals surface area contributed by atoms with Crippen molar-refractivity contribution in [1.29, 1.82) is 0 Å². The predicted octanol–water partition coefficient (Wildman–Crippen LogP) is 3.82. The molecule has 0 aliphatic carbocycles. The van der Waals surface area contributed by atoms with Crippen molar-refractivity contribution in [1.82, 2.24) is 0 Å². The lowest BCUT2D eigenvalue weighted by Crippen LogP contribution is -2.10. The molecule has 0 radical (unpaired) electrons. The maximum absolute atomic E-state index is 6.01. The fourth-order valence-corrected chi connectivity index (χ4v) is 1.98. The number of nitrogen functional groups attached to an aromatic ring is 2. The SMILES string of the molecule is CC(C)(C)c1ccc(-c2cccc(N)c2N)cc1. The molecule has 0 unspecified atom stereocenters. The fraction of sp³-hybridized carbons (Fsp3) is 0.250. The van der Waals surface area contributed by atoms with E-state index in [0.29, 0.717) is 11.4 Å². The highest BCUT2D eigenvalue weighted by Crippen LogP contribution is 2.31. The van der Waals surface area contributed by atoms with Gasteiger partial charge in [0.05, 0.1) is 11.4 Å². The summed E-state index contributed by atoms with van der Waals surface area (Å²) in [5.41, 5.74) is 16.7. The van der Waals surface area contributed by atoms with Crippen LogP contribution in [0.1, 0.15) is 26.3 Å². The molecule has 0 aromatic heterocycles. The van der Waals surface area contributed by atoms with Crippen molar-refractivity contribution < 1.29 is 0 Å². The molecule has 18 heavy (non-hydrogen) atoms. The van der Waals surface area contributed by atoms with Gasteiger partial charge in [0.1, 0.15) is 0 Å². The Morgan fingerprint density at radius 3 is 2.00 bits per heavy atom. The van der Waals surface area contributed by atoms with E-state index in [-0.39, 0.29) is 5.41 Å². The van der Waals surface area contributed by atoms with E-state index in [1.54, 1.807) is 0 Å². The topological polar surface area (TPSA) is 52.0 Å². The summed E-state index contributed by atoms with van der Waals surface area (Å²) in [5.74, 6) is 0. The monoisotopic (exact) mass is 240 g/mol. The summed E-state index contributed by atoms with van der Waals surface area (Å²) in [6.07, 6.45) is 0. The van der Waals surface area contributed by atoms with Crippen LogP contribution in [-0.4, -0.2) is 0 Å². The molecule has 2 aromatic carbocycles. The van der Waals surface area contributed by atoms with Gasteiger partial charge in [0.25, 0.3) is 0 Å². The number of hydrogen-bond donors (Lipinski definition) is 2. The second kappa shape index (κ2) is 4.37. The molecular weight excluding hydrogens is 220 g/mol. The Morgan fingerprint density at radius 1 is 0.833 bits per heavy atom. The lowest BCUT2D eigenvalue weighted by atomic mass is 9.86. The molecule has 0 aliphatic heterocycles. The first-order valence-corrected chi connectivity index (χ1v) is 6.14. The quantitative estimate of drug-likeness (QED) is 0.745. The summed E-state index contributed by atoms with van der Waals surface area (Å²) in [7, 11) is 0. The summed E-state index contributed by atoms with van der Waals surface area (Å²) in [6, 6.07) is 14.3. The van der Waals surface area contributed by atoms with Crippen LogP contribution in [0.4, 0.5) is 11.4 Å². The molecule has 4 N–H and O–H groups in total. The fourth-order valence-electron chi connectivity index (χ4n) is 1.98. The van der Waals surface area contributed by atoms with Gasteiger partial charge in [0.15, 0.2) is 0 Å². The number of hydrogen-bond acceptors (Lipinski definition) is 2. The van der Waals surface area contributed by atoms with Crippen molar-refractivity contribution in [2.75, 3.05) is 11.5 Å². The molecule has 94 valence electrons. The highest BCUT2D eigenvalue weighted by Gasteiger charge is 2.13. The number of para-hydroxylation sites is 1. The molecule has 0 saturated carbocycles. The normalized spacial score (nSPS) is 11.5. The molecule has 0 aliphatic rings. The maximum Gasteiger partial charge on any atom is 0.0627 e. The largest absolute Gasteiger partial charge is 0.397 e. The summed E-state index contributed by atoms with van der Waals surface area (Å²) < 4.78 is 0. The van der Waals surface area contributed by atoms with Crippen LogP contribution >= 0.6 is 0 Å². The summed E-state index contributed by atoms with van der Waals surface area (Å²) >= 11 is 0. The standard InChI is InChI=1S/C16H20N2/c1-16(2,3)12-9-7-11(8-10-12)13-5-4-6-14(17)15(13)18/h4-10H,17-18H2,1-3H3. The Kier molecular flexibility index (Phi) is 3.04. The number of rotatable bonds is 1. The molecular formula is C16H20N2. The molecule has 0 bridgehead atoms. The number of nitrogens with two attached hydrogens (primary N) is 2. The molecule has 2 heteroatoms. The van der Waals surface area contributed by atoms with Gasteiger partial charge in [0, 0.05) is 5.56 Å². The minimum Gasteiger partial charge on any atom is -0.397 e. The Morgan fingerprint density at radius 2 is 1.44 bits per heavy atom. The van der Waals surface area contributed by atoms with Crippen LogP contribution in [0.5, 0.6) is 0 Å². The molecule has 2 rings (SSSR count). The van der Waals surface area contributed by atoms with E-state index in [9.17, 15) is 0 Å². The predicted molar refractivity (Wildman–Crippen MR) is 79.4 cm³/mol. The van der Waals surface area contributed by atoms with Gasteiger partial charge < -0.3 is 11.5 Å². The Balaban J connectivity index is 2.44. The number of anilines is 2. The van der Waals surface area contributed by atoms with Crippen LogP contribution in [0.15, 0.2) is 42.5 Å². The van der Waals surface area contributed by atoms with E-state index in [2.05, 4.69) is 45.0 Å². The Labute approximate surface area is 109 Å². The smallest absolute Gasteiger partial charge is 0.0627 e. The lowest BCUT2D eigenvalue weighted by Gasteiger charge is -2.19. The van der Waals surface area contributed by atoms with E-state index < -0.39 is 0 Å². The first kappa shape index (κ1) is 12.5. The summed E-state index contributed by atoms with van der Waals surface area (Å²) in [5, 5.41) is 0. The highest BCUT2D eigenvalue weighted by atomic mass is 14.7. The third-order valence-corrected chi connectivity index (χ3v) is 3.20.